The van der Waals surface area contributed by atoms with Crippen molar-refractivity contribution in [1.82, 2.24) is 9.62 Å². The van der Waals surface area contributed by atoms with Gasteiger partial charge in [0.25, 0.3) is 0 Å². The maximum Gasteiger partial charge on any atom is 0.220 e. The van der Waals surface area contributed by atoms with Crippen molar-refractivity contribution in [2.75, 3.05) is 26.2 Å². The van der Waals surface area contributed by atoms with Gasteiger partial charge in [0.05, 0.1) is 4.99 Å². The second-order valence-corrected chi connectivity index (χ2v) is 7.04. The molecule has 0 saturated carbocycles. The van der Waals surface area contributed by atoms with E-state index in [9.17, 15) is 8.42 Å². The molecule has 0 aromatic rings. The summed E-state index contributed by atoms with van der Waals surface area (Å²) in [5.74, 6) is 0.392. The Morgan fingerprint density at radius 2 is 2.29 bits per heavy atom. The van der Waals surface area contributed by atoms with E-state index in [1.54, 1.807) is 0 Å². The van der Waals surface area contributed by atoms with Gasteiger partial charge in [-0.1, -0.05) is 19.1 Å². The van der Waals surface area contributed by atoms with Crippen LogP contribution in [-0.2, 0) is 10.0 Å². The number of nitrogens with one attached hydrogen (secondary N) is 1. The molecule has 1 aliphatic heterocycles. The summed E-state index contributed by atoms with van der Waals surface area (Å²) in [4.78, 5) is 2.33. The van der Waals surface area contributed by atoms with Gasteiger partial charge in [-0.2, -0.15) is 0 Å². The van der Waals surface area contributed by atoms with Gasteiger partial charge in [0.15, 0.2) is 0 Å². The van der Waals surface area contributed by atoms with Gasteiger partial charge in [-0.05, 0) is 32.4 Å². The van der Waals surface area contributed by atoms with E-state index >= 15 is 0 Å². The van der Waals surface area contributed by atoms with Crippen molar-refractivity contribution >= 4 is 27.2 Å². The van der Waals surface area contributed by atoms with Crippen LogP contribution in [0.1, 0.15) is 20.3 Å². The molecule has 0 aromatic heterocycles. The Bertz CT molecular complexity index is 370. The summed E-state index contributed by atoms with van der Waals surface area (Å²) in [6.07, 6.45) is 1.04. The highest BCUT2D eigenvalue weighted by atomic mass is 32.2. The van der Waals surface area contributed by atoms with Crippen LogP contribution in [0.5, 0.6) is 0 Å². The fourth-order valence-electron chi connectivity index (χ4n) is 1.88. The lowest BCUT2D eigenvalue weighted by molar-refractivity contribution is 0.342. The first kappa shape index (κ1) is 14.8. The molecule has 3 N–H and O–H groups in total. The number of hydrogen-bond acceptors (Lipinski definition) is 4. The van der Waals surface area contributed by atoms with Crippen molar-refractivity contribution in [3.05, 3.63) is 0 Å². The lowest BCUT2D eigenvalue weighted by Gasteiger charge is -2.16. The summed E-state index contributed by atoms with van der Waals surface area (Å²) in [7, 11) is -3.41. The summed E-state index contributed by atoms with van der Waals surface area (Å²) < 4.78 is 26.2. The minimum absolute atomic E-state index is 0.0131. The van der Waals surface area contributed by atoms with Gasteiger partial charge in [-0.25, -0.2) is 13.1 Å². The molecule has 1 saturated heterocycles. The largest absolute Gasteiger partial charge is 0.392 e. The van der Waals surface area contributed by atoms with Gasteiger partial charge < -0.3 is 10.6 Å². The smallest absolute Gasteiger partial charge is 0.220 e. The fourth-order valence-corrected chi connectivity index (χ4v) is 3.28. The molecule has 0 aliphatic carbocycles. The standard InChI is InChI=1S/C10H21N3O2S2/c1-3-13-5-4-9(7-13)6-12-17(14,15)8(2)10(11)16/h8-9,12H,3-7H2,1-2H3,(H2,11,16). The van der Waals surface area contributed by atoms with Crippen LogP contribution < -0.4 is 10.5 Å². The second kappa shape index (κ2) is 6.08. The number of sulfonamides is 1. The summed E-state index contributed by atoms with van der Waals surface area (Å²) in [5.41, 5.74) is 5.35. The predicted octanol–water partition coefficient (Wildman–Crippen LogP) is -0.0778. The molecular formula is C10H21N3O2S2. The number of nitrogens with two attached hydrogens (primary N) is 1. The first-order chi connectivity index (χ1) is 7.86. The monoisotopic (exact) mass is 279 g/mol. The quantitative estimate of drug-likeness (QED) is 0.665. The SMILES string of the molecule is CCN1CCC(CNS(=O)(=O)C(C)C(N)=S)C1. The van der Waals surface area contributed by atoms with E-state index in [1.165, 1.54) is 6.92 Å². The molecule has 0 bridgehead atoms. The van der Waals surface area contributed by atoms with E-state index in [1.807, 2.05) is 0 Å². The van der Waals surface area contributed by atoms with Gasteiger partial charge in [-0.15, -0.1) is 0 Å². The molecule has 2 unspecified atom stereocenters. The van der Waals surface area contributed by atoms with E-state index in [0.29, 0.717) is 12.5 Å². The van der Waals surface area contributed by atoms with Crippen molar-refractivity contribution < 1.29 is 8.42 Å². The minimum Gasteiger partial charge on any atom is -0.392 e. The molecule has 1 aliphatic rings. The van der Waals surface area contributed by atoms with E-state index < -0.39 is 15.3 Å². The van der Waals surface area contributed by atoms with Crippen LogP contribution in [-0.4, -0.2) is 49.7 Å². The highest BCUT2D eigenvalue weighted by Gasteiger charge is 2.26. The van der Waals surface area contributed by atoms with Crippen molar-refractivity contribution in [3.63, 3.8) is 0 Å². The Morgan fingerprint density at radius 1 is 1.65 bits per heavy atom. The molecule has 0 aromatic carbocycles. The van der Waals surface area contributed by atoms with E-state index in [2.05, 4.69) is 16.5 Å². The first-order valence-electron chi connectivity index (χ1n) is 5.87. The zero-order valence-corrected chi connectivity index (χ0v) is 12.0. The Hall–Kier alpha value is -0.240. The van der Waals surface area contributed by atoms with Crippen molar-refractivity contribution in [2.45, 2.75) is 25.5 Å². The molecule has 7 heteroatoms. The average molecular weight is 279 g/mol. The zero-order chi connectivity index (χ0) is 13.1. The van der Waals surface area contributed by atoms with Gasteiger partial charge in [0, 0.05) is 13.1 Å². The fraction of sp³-hybridized carbons (Fsp3) is 0.900. The van der Waals surface area contributed by atoms with Crippen LogP contribution in [0.25, 0.3) is 0 Å². The molecule has 1 rings (SSSR count). The Balaban J connectivity index is 2.43. The third-order valence-corrected chi connectivity index (χ3v) is 5.51. The lowest BCUT2D eigenvalue weighted by Crippen LogP contribution is -2.42. The Labute approximate surface area is 109 Å². The molecule has 100 valence electrons. The number of hydrogen-bond donors (Lipinski definition) is 2. The molecule has 17 heavy (non-hydrogen) atoms. The molecule has 2 atom stereocenters. The molecule has 1 fully saturated rings. The molecule has 0 amide bonds. The van der Waals surface area contributed by atoms with Gasteiger partial charge >= 0.3 is 0 Å². The van der Waals surface area contributed by atoms with Gasteiger partial charge in [0.2, 0.25) is 10.0 Å². The number of rotatable bonds is 6. The van der Waals surface area contributed by atoms with E-state index in [0.717, 1.165) is 26.1 Å². The summed E-state index contributed by atoms with van der Waals surface area (Å²) in [6, 6.07) is 0. The minimum atomic E-state index is -3.41. The summed E-state index contributed by atoms with van der Waals surface area (Å²) in [5, 5.41) is -0.804. The normalized spacial score (nSPS) is 23.8. The maximum atomic E-state index is 11.8. The first-order valence-corrected chi connectivity index (χ1v) is 7.82. The van der Waals surface area contributed by atoms with Crippen LogP contribution in [0.4, 0.5) is 0 Å². The highest BCUT2D eigenvalue weighted by molar-refractivity contribution is 7.93. The Kier molecular flexibility index (Phi) is 5.30. The molecule has 0 spiro atoms. The van der Waals surface area contributed by atoms with Crippen LogP contribution in [0.3, 0.4) is 0 Å². The predicted molar refractivity (Wildman–Crippen MR) is 73.4 cm³/mol. The third kappa shape index (κ3) is 4.17. The van der Waals surface area contributed by atoms with Gasteiger partial charge in [0.1, 0.15) is 5.25 Å². The average Bonchev–Trinajstić information content (AvgIpc) is 2.73. The molecular weight excluding hydrogens is 258 g/mol. The van der Waals surface area contributed by atoms with Gasteiger partial charge in [-0.3, -0.25) is 0 Å². The van der Waals surface area contributed by atoms with Crippen LogP contribution in [0.15, 0.2) is 0 Å². The highest BCUT2D eigenvalue weighted by Crippen LogP contribution is 2.15. The number of nitrogens with zero attached hydrogens (tertiary/aromatic N) is 1. The van der Waals surface area contributed by atoms with E-state index in [-0.39, 0.29) is 4.99 Å². The zero-order valence-electron chi connectivity index (χ0n) is 10.3. The van der Waals surface area contributed by atoms with Crippen LogP contribution in [0.2, 0.25) is 0 Å². The van der Waals surface area contributed by atoms with E-state index in [4.69, 9.17) is 18.0 Å². The Morgan fingerprint density at radius 3 is 2.76 bits per heavy atom. The number of thiocarbonyl (C=S) groups is 1. The summed E-state index contributed by atoms with van der Waals surface area (Å²) >= 11 is 4.70. The van der Waals surface area contributed by atoms with Crippen molar-refractivity contribution in [1.29, 1.82) is 0 Å². The second-order valence-electron chi connectivity index (χ2n) is 4.49. The lowest BCUT2D eigenvalue weighted by atomic mass is 10.1. The summed E-state index contributed by atoms with van der Waals surface area (Å²) in [6.45, 7) is 7.13. The van der Waals surface area contributed by atoms with Crippen LogP contribution >= 0.6 is 12.2 Å². The topological polar surface area (TPSA) is 75.4 Å². The molecule has 0 radical (unpaired) electrons. The third-order valence-electron chi connectivity index (χ3n) is 3.26. The molecule has 1 heterocycles. The molecule has 5 nitrogen and oxygen atoms in total. The number of likely N-dealkylation sites (tertiary alicyclic amines) is 1. The maximum absolute atomic E-state index is 11.8. The van der Waals surface area contributed by atoms with Crippen molar-refractivity contribution in [3.8, 4) is 0 Å². The van der Waals surface area contributed by atoms with Crippen LogP contribution in [0, 0.1) is 5.92 Å². The van der Waals surface area contributed by atoms with Crippen molar-refractivity contribution in [2.24, 2.45) is 11.7 Å².